The lowest BCUT2D eigenvalue weighted by molar-refractivity contribution is 0.0204. The molecule has 0 aliphatic carbocycles. The van der Waals surface area contributed by atoms with E-state index in [1.165, 1.54) is 12.4 Å². The number of halogens is 5. The first-order valence-corrected chi connectivity index (χ1v) is 19.4. The summed E-state index contributed by atoms with van der Waals surface area (Å²) in [7, 11) is 3.22. The molecule has 1 unspecified atom stereocenters. The molecule has 21 heteroatoms. The highest BCUT2D eigenvalue weighted by atomic mass is 35.5. The van der Waals surface area contributed by atoms with Gasteiger partial charge < -0.3 is 48.9 Å². The zero-order chi connectivity index (χ0) is 43.1. The van der Waals surface area contributed by atoms with Crippen LogP contribution < -0.4 is 39.8 Å². The Morgan fingerprint density at radius 1 is 0.738 bits per heavy atom. The fraction of sp³-hybridized carbons (Fsp3) is 0.350. The van der Waals surface area contributed by atoms with Crippen molar-refractivity contribution in [3.8, 4) is 34.4 Å². The lowest BCUT2D eigenvalue weighted by Crippen LogP contribution is -2.39. The molecule has 320 valence electrons. The Kier molecular flexibility index (Phi) is 11.1. The molecule has 0 saturated carbocycles. The van der Waals surface area contributed by atoms with Gasteiger partial charge in [0.1, 0.15) is 24.7 Å². The van der Waals surface area contributed by atoms with E-state index in [4.69, 9.17) is 36.3 Å². The summed E-state index contributed by atoms with van der Waals surface area (Å²) in [5.74, 6) is -2.18. The number of methoxy groups -OCH3 is 2. The lowest BCUT2D eigenvalue weighted by Gasteiger charge is -2.31. The van der Waals surface area contributed by atoms with Gasteiger partial charge in [-0.2, -0.15) is 9.97 Å². The van der Waals surface area contributed by atoms with Crippen LogP contribution in [0.1, 0.15) is 24.2 Å². The number of benzene rings is 2. The van der Waals surface area contributed by atoms with Crippen LogP contribution in [0.5, 0.6) is 23.0 Å². The third kappa shape index (κ3) is 8.98. The third-order valence-corrected chi connectivity index (χ3v) is 10.4. The molecule has 4 aromatic heterocycles. The van der Waals surface area contributed by atoms with Gasteiger partial charge in [-0.25, -0.2) is 37.5 Å². The third-order valence-electron chi connectivity index (χ3n) is 10.2. The van der Waals surface area contributed by atoms with E-state index >= 15 is 0 Å². The molecule has 6 aromatic rings. The maximum absolute atomic E-state index is 13.9. The molecular weight excluding hydrogens is 824 g/mol. The SMILES string of the molecule is COc1cc(N)ccc1-n1cnc(C)c1.COc1cc(Nc2ncc3c(n2)N2CC(F)(F)C[C@@H]2CO3)ccc1-n1cnc(C)c1.FC1(F)CC2COc3cnc(Cl)nc3N2C1. The first kappa shape index (κ1) is 41.2. The van der Waals surface area contributed by atoms with Crippen molar-refractivity contribution in [1.82, 2.24) is 39.0 Å². The molecule has 0 amide bonds. The van der Waals surface area contributed by atoms with Crippen LogP contribution in [-0.2, 0) is 0 Å². The zero-order valence-corrected chi connectivity index (χ0v) is 34.2. The molecule has 2 saturated heterocycles. The molecule has 4 aliphatic rings. The van der Waals surface area contributed by atoms with Gasteiger partial charge in [-0.3, -0.25) is 0 Å². The van der Waals surface area contributed by atoms with Crippen LogP contribution in [0, 0.1) is 13.8 Å². The van der Waals surface area contributed by atoms with Crippen LogP contribution in [0.15, 0.2) is 73.8 Å². The second-order valence-corrected chi connectivity index (χ2v) is 15.1. The standard InChI is InChI=1S/C20H20F2N6O2.C11H13N3O.C9H8ClF2N3O/c1-12-8-27(11-24-12)15-4-3-13(5-16(15)29-2)25-19-23-7-17-18(26-19)28-10-20(21,22)6-14(28)9-30-17;1-8-6-14(7-13-8)10-4-3-9(12)5-11(10)15-2;10-8-13-2-6-7(14-8)15-4-9(11,12)1-5(15)3-16-6/h3-5,7-8,11,14H,6,9-10H2,1-2H3,(H,23,25,26);3-7H,12H2,1-2H3;2,5H,1,3-4H2/t14-;;/m1../s1. The number of hydrogen-bond donors (Lipinski definition) is 2. The van der Waals surface area contributed by atoms with Crippen LogP contribution in [-0.4, -0.2) is 103 Å². The molecule has 3 N–H and O–H groups in total. The minimum absolute atomic E-state index is 0.0400. The van der Waals surface area contributed by atoms with Crippen molar-refractivity contribution in [1.29, 1.82) is 0 Å². The van der Waals surface area contributed by atoms with Crippen LogP contribution >= 0.6 is 11.6 Å². The number of imidazole rings is 2. The monoisotopic (exact) mass is 864 g/mol. The van der Waals surface area contributed by atoms with E-state index < -0.39 is 11.8 Å². The summed E-state index contributed by atoms with van der Waals surface area (Å²) in [6, 6.07) is 10.4. The number of hydrogen-bond acceptors (Lipinski definition) is 14. The largest absolute Gasteiger partial charge is 0.494 e. The summed E-state index contributed by atoms with van der Waals surface area (Å²) in [4.78, 5) is 28.0. The van der Waals surface area contributed by atoms with Gasteiger partial charge in [0, 0.05) is 48.7 Å². The van der Waals surface area contributed by atoms with Gasteiger partial charge in [-0.05, 0) is 49.7 Å². The number of nitrogens with two attached hydrogens (primary N) is 1. The van der Waals surface area contributed by atoms with Gasteiger partial charge in [-0.15, -0.1) is 0 Å². The smallest absolute Gasteiger partial charge is 0.267 e. The Bertz CT molecular complexity index is 2540. The van der Waals surface area contributed by atoms with Gasteiger partial charge >= 0.3 is 0 Å². The minimum atomic E-state index is -2.75. The maximum atomic E-state index is 13.9. The highest BCUT2D eigenvalue weighted by molar-refractivity contribution is 6.28. The molecule has 2 aromatic carbocycles. The van der Waals surface area contributed by atoms with Crippen molar-refractivity contribution in [3.63, 3.8) is 0 Å². The van der Waals surface area contributed by atoms with E-state index in [0.717, 1.165) is 28.5 Å². The Morgan fingerprint density at radius 2 is 1.26 bits per heavy atom. The quantitative estimate of drug-likeness (QED) is 0.101. The molecule has 2 fully saturated rings. The molecule has 0 bridgehead atoms. The number of fused-ring (bicyclic) bond motifs is 6. The molecule has 16 nitrogen and oxygen atoms in total. The van der Waals surface area contributed by atoms with Gasteiger partial charge in [0.05, 0.1) is 87.2 Å². The van der Waals surface area contributed by atoms with Crippen molar-refractivity contribution in [2.75, 3.05) is 61.4 Å². The number of rotatable bonds is 6. The number of alkyl halides is 4. The van der Waals surface area contributed by atoms with Crippen LogP contribution in [0.3, 0.4) is 0 Å². The molecule has 2 atom stereocenters. The summed E-state index contributed by atoms with van der Waals surface area (Å²) in [5.41, 5.74) is 10.7. The normalized spacial score (nSPS) is 18.7. The minimum Gasteiger partial charge on any atom is -0.494 e. The van der Waals surface area contributed by atoms with E-state index in [0.29, 0.717) is 46.2 Å². The Morgan fingerprint density at radius 3 is 1.80 bits per heavy atom. The average Bonchev–Trinajstić information content (AvgIpc) is 4.02. The van der Waals surface area contributed by atoms with E-state index in [9.17, 15) is 17.6 Å². The molecular formula is C40H41ClF4N12O4. The summed E-state index contributed by atoms with van der Waals surface area (Å²) in [5, 5.41) is 3.16. The maximum Gasteiger partial charge on any atom is 0.267 e. The Balaban J connectivity index is 0.000000139. The van der Waals surface area contributed by atoms with Crippen molar-refractivity contribution in [2.45, 2.75) is 50.6 Å². The molecule has 0 spiro atoms. The van der Waals surface area contributed by atoms with E-state index in [1.54, 1.807) is 42.7 Å². The van der Waals surface area contributed by atoms with Crippen LogP contribution in [0.4, 0.5) is 46.5 Å². The topological polar surface area (TPSA) is 169 Å². The Hall–Kier alpha value is -6.57. The number of aryl methyl sites for hydroxylation is 2. The summed E-state index contributed by atoms with van der Waals surface area (Å²) in [6.45, 7) is 3.62. The second kappa shape index (κ2) is 16.5. The molecule has 0 radical (unpaired) electrons. The van der Waals surface area contributed by atoms with Crippen molar-refractivity contribution < 1.29 is 36.5 Å². The number of anilines is 5. The number of nitrogens with one attached hydrogen (secondary N) is 1. The molecule has 61 heavy (non-hydrogen) atoms. The van der Waals surface area contributed by atoms with E-state index in [-0.39, 0.29) is 56.5 Å². The van der Waals surface area contributed by atoms with Crippen molar-refractivity contribution in [2.24, 2.45) is 0 Å². The number of aromatic nitrogens is 8. The van der Waals surface area contributed by atoms with Crippen LogP contribution in [0.25, 0.3) is 11.4 Å². The van der Waals surface area contributed by atoms with Crippen molar-refractivity contribution in [3.05, 3.63) is 90.5 Å². The number of nitrogens with zero attached hydrogens (tertiary/aromatic N) is 10. The number of nitrogen functional groups attached to an aromatic ring is 1. The number of ether oxygens (including phenoxy) is 4. The molecule has 4 aliphatic heterocycles. The summed E-state index contributed by atoms with van der Waals surface area (Å²) in [6.07, 6.45) is 9.81. The predicted octanol–water partition coefficient (Wildman–Crippen LogP) is 6.84. The van der Waals surface area contributed by atoms with Gasteiger partial charge in [0.2, 0.25) is 11.2 Å². The summed E-state index contributed by atoms with van der Waals surface area (Å²) >= 11 is 5.65. The van der Waals surface area contributed by atoms with Gasteiger partial charge in [-0.1, -0.05) is 0 Å². The zero-order valence-electron chi connectivity index (χ0n) is 33.4. The fourth-order valence-corrected chi connectivity index (χ4v) is 7.58. The first-order chi connectivity index (χ1) is 29.2. The fourth-order valence-electron chi connectivity index (χ4n) is 7.45. The summed E-state index contributed by atoms with van der Waals surface area (Å²) < 4.78 is 79.8. The van der Waals surface area contributed by atoms with Crippen LogP contribution in [0.2, 0.25) is 5.28 Å². The average molecular weight is 865 g/mol. The predicted molar refractivity (Wildman–Crippen MR) is 219 cm³/mol. The second-order valence-electron chi connectivity index (χ2n) is 14.8. The molecule has 8 heterocycles. The van der Waals surface area contributed by atoms with Gasteiger partial charge in [0.15, 0.2) is 23.1 Å². The van der Waals surface area contributed by atoms with Crippen molar-refractivity contribution >= 4 is 40.6 Å². The van der Waals surface area contributed by atoms with E-state index in [1.807, 2.05) is 65.7 Å². The molecule has 10 rings (SSSR count). The van der Waals surface area contributed by atoms with Gasteiger partial charge in [0.25, 0.3) is 11.8 Å². The highest BCUT2D eigenvalue weighted by Gasteiger charge is 2.49. The highest BCUT2D eigenvalue weighted by Crippen LogP contribution is 2.43. The van der Waals surface area contributed by atoms with E-state index in [2.05, 4.69) is 35.2 Å². The lowest BCUT2D eigenvalue weighted by atomic mass is 10.2. The Labute approximate surface area is 352 Å². The first-order valence-electron chi connectivity index (χ1n) is 19.0.